The van der Waals surface area contributed by atoms with E-state index in [1.165, 1.54) is 24.2 Å². The van der Waals surface area contributed by atoms with E-state index in [1.54, 1.807) is 0 Å². The summed E-state index contributed by atoms with van der Waals surface area (Å²) in [4.78, 5) is 14.0. The summed E-state index contributed by atoms with van der Waals surface area (Å²) < 4.78 is 0. The van der Waals surface area contributed by atoms with Crippen molar-refractivity contribution in [3.8, 4) is 0 Å². The van der Waals surface area contributed by atoms with Crippen molar-refractivity contribution in [1.29, 1.82) is 0 Å². The normalized spacial score (nSPS) is 15.3. The molecule has 196 valence electrons. The lowest BCUT2D eigenvalue weighted by Crippen LogP contribution is -2.46. The van der Waals surface area contributed by atoms with Crippen LogP contribution in [-0.4, -0.2) is 50.9 Å². The lowest BCUT2D eigenvalue weighted by molar-refractivity contribution is 0.561. The second-order valence-electron chi connectivity index (χ2n) is 10.7. The topological polar surface area (TPSA) is 83.2 Å². The Morgan fingerprint density at radius 3 is 1.28 bits per heavy atom. The number of aliphatic imine (C=N–C) groups is 2. The molecule has 1 heterocycles. The van der Waals surface area contributed by atoms with E-state index >= 15 is 0 Å². The molecule has 0 spiro atoms. The van der Waals surface area contributed by atoms with Crippen LogP contribution in [0.3, 0.4) is 0 Å². The van der Waals surface area contributed by atoms with Crippen molar-refractivity contribution in [1.82, 2.24) is 0 Å². The first kappa shape index (κ1) is 27.6. The SMILES string of the molecule is CC(C)CCCN=C(N)c1ccc(N2CCN(c3ccc(C(N)=NCCCC(C)C)cc3)CC2)cc1. The molecule has 0 aliphatic carbocycles. The maximum atomic E-state index is 6.21. The molecular weight excluding hydrogens is 444 g/mol. The van der Waals surface area contributed by atoms with Gasteiger partial charge in [-0.15, -0.1) is 0 Å². The minimum Gasteiger partial charge on any atom is -0.384 e. The molecule has 2 aromatic carbocycles. The predicted molar refractivity (Wildman–Crippen MR) is 157 cm³/mol. The van der Waals surface area contributed by atoms with Crippen LogP contribution in [0.15, 0.2) is 58.5 Å². The molecule has 0 amide bonds. The lowest BCUT2D eigenvalue weighted by atomic mass is 10.1. The van der Waals surface area contributed by atoms with Gasteiger partial charge in [-0.1, -0.05) is 27.7 Å². The van der Waals surface area contributed by atoms with Crippen LogP contribution >= 0.6 is 0 Å². The fourth-order valence-corrected chi connectivity index (χ4v) is 4.49. The Bertz CT molecular complexity index is 886. The van der Waals surface area contributed by atoms with Gasteiger partial charge in [-0.2, -0.15) is 0 Å². The molecule has 0 saturated carbocycles. The monoisotopic (exact) mass is 490 g/mol. The third-order valence-electron chi connectivity index (χ3n) is 6.78. The van der Waals surface area contributed by atoms with Gasteiger partial charge in [0.25, 0.3) is 0 Å². The van der Waals surface area contributed by atoms with Gasteiger partial charge in [0.2, 0.25) is 0 Å². The minimum atomic E-state index is 0.639. The standard InChI is InChI=1S/C30H46N6/c1-23(2)7-5-17-33-29(31)25-9-13-27(14-10-25)35-19-21-36(22-20-35)28-15-11-26(12-16-28)30(32)34-18-6-8-24(3)4/h9-16,23-24H,5-8,17-22H2,1-4H3,(H2,31,33)(H2,32,34). The Morgan fingerprint density at radius 2 is 0.972 bits per heavy atom. The summed E-state index contributed by atoms with van der Waals surface area (Å²) in [5.74, 6) is 2.70. The number of nitrogens with two attached hydrogens (primary N) is 2. The van der Waals surface area contributed by atoms with E-state index in [1.807, 2.05) is 0 Å². The van der Waals surface area contributed by atoms with Crippen LogP contribution in [0.25, 0.3) is 0 Å². The molecule has 0 bridgehead atoms. The van der Waals surface area contributed by atoms with Crippen LogP contribution in [0.4, 0.5) is 11.4 Å². The quantitative estimate of drug-likeness (QED) is 0.240. The molecule has 0 atom stereocenters. The van der Waals surface area contributed by atoms with Gasteiger partial charge in [0.1, 0.15) is 11.7 Å². The Morgan fingerprint density at radius 1 is 0.639 bits per heavy atom. The minimum absolute atomic E-state index is 0.639. The number of anilines is 2. The maximum Gasteiger partial charge on any atom is 0.125 e. The third kappa shape index (κ3) is 8.58. The van der Waals surface area contributed by atoms with Crippen LogP contribution in [0.1, 0.15) is 64.5 Å². The molecule has 4 N–H and O–H groups in total. The van der Waals surface area contributed by atoms with Crippen molar-refractivity contribution in [3.05, 3.63) is 59.7 Å². The first-order valence-electron chi connectivity index (χ1n) is 13.6. The summed E-state index contributed by atoms with van der Waals surface area (Å²) in [5.41, 5.74) is 16.9. The predicted octanol–water partition coefficient (Wildman–Crippen LogP) is 5.30. The summed E-state index contributed by atoms with van der Waals surface area (Å²) in [6.07, 6.45) is 4.55. The van der Waals surface area contributed by atoms with Gasteiger partial charge in [-0.05, 0) is 86.1 Å². The summed E-state index contributed by atoms with van der Waals surface area (Å²) in [6.45, 7) is 14.5. The number of hydrogen-bond donors (Lipinski definition) is 2. The maximum absolute atomic E-state index is 6.21. The Kier molecular flexibility index (Phi) is 10.6. The highest BCUT2D eigenvalue weighted by atomic mass is 15.3. The van der Waals surface area contributed by atoms with E-state index in [0.717, 1.165) is 63.2 Å². The van der Waals surface area contributed by atoms with E-state index in [0.29, 0.717) is 23.5 Å². The molecule has 1 aliphatic heterocycles. The first-order valence-corrected chi connectivity index (χ1v) is 13.6. The molecule has 1 aliphatic rings. The number of hydrogen-bond acceptors (Lipinski definition) is 4. The number of piperazine rings is 1. The fraction of sp³-hybridized carbons (Fsp3) is 0.533. The molecule has 0 radical (unpaired) electrons. The van der Waals surface area contributed by atoms with Crippen molar-refractivity contribution in [2.24, 2.45) is 33.3 Å². The Balaban J connectivity index is 1.48. The van der Waals surface area contributed by atoms with E-state index in [9.17, 15) is 0 Å². The highest BCUT2D eigenvalue weighted by Gasteiger charge is 2.18. The molecule has 3 rings (SSSR count). The van der Waals surface area contributed by atoms with E-state index in [2.05, 4.69) is 96.0 Å². The molecule has 1 saturated heterocycles. The number of nitrogens with zero attached hydrogens (tertiary/aromatic N) is 4. The largest absolute Gasteiger partial charge is 0.384 e. The average Bonchev–Trinajstić information content (AvgIpc) is 2.89. The zero-order valence-electron chi connectivity index (χ0n) is 22.8. The second kappa shape index (κ2) is 13.9. The van der Waals surface area contributed by atoms with Gasteiger partial charge in [0.15, 0.2) is 0 Å². The summed E-state index contributed by atoms with van der Waals surface area (Å²) in [6, 6.07) is 17.0. The molecule has 36 heavy (non-hydrogen) atoms. The van der Waals surface area contributed by atoms with Crippen molar-refractivity contribution < 1.29 is 0 Å². The van der Waals surface area contributed by atoms with Gasteiger partial charge in [-0.3, -0.25) is 9.98 Å². The van der Waals surface area contributed by atoms with Crippen molar-refractivity contribution in [3.63, 3.8) is 0 Å². The highest BCUT2D eigenvalue weighted by Crippen LogP contribution is 2.22. The molecule has 0 unspecified atom stereocenters. The fourth-order valence-electron chi connectivity index (χ4n) is 4.49. The molecule has 6 nitrogen and oxygen atoms in total. The molecule has 1 fully saturated rings. The smallest absolute Gasteiger partial charge is 0.125 e. The highest BCUT2D eigenvalue weighted by molar-refractivity contribution is 5.98. The third-order valence-corrected chi connectivity index (χ3v) is 6.78. The van der Waals surface area contributed by atoms with Gasteiger partial charge in [-0.25, -0.2) is 0 Å². The van der Waals surface area contributed by atoms with Crippen molar-refractivity contribution in [2.45, 2.75) is 53.4 Å². The summed E-state index contributed by atoms with van der Waals surface area (Å²) in [5, 5.41) is 0. The van der Waals surface area contributed by atoms with Crippen LogP contribution in [-0.2, 0) is 0 Å². The molecule has 6 heteroatoms. The Hall–Kier alpha value is -3.02. The van der Waals surface area contributed by atoms with Crippen LogP contribution < -0.4 is 21.3 Å². The van der Waals surface area contributed by atoms with Crippen LogP contribution in [0, 0.1) is 11.8 Å². The average molecular weight is 491 g/mol. The Labute approximate surface area is 218 Å². The van der Waals surface area contributed by atoms with Crippen molar-refractivity contribution in [2.75, 3.05) is 49.1 Å². The lowest BCUT2D eigenvalue weighted by Gasteiger charge is -2.37. The van der Waals surface area contributed by atoms with Crippen LogP contribution in [0.2, 0.25) is 0 Å². The van der Waals surface area contributed by atoms with E-state index in [4.69, 9.17) is 11.5 Å². The van der Waals surface area contributed by atoms with Gasteiger partial charge in [0.05, 0.1) is 0 Å². The second-order valence-corrected chi connectivity index (χ2v) is 10.7. The van der Waals surface area contributed by atoms with Gasteiger partial charge >= 0.3 is 0 Å². The number of benzene rings is 2. The number of rotatable bonds is 12. The summed E-state index contributed by atoms with van der Waals surface area (Å²) in [7, 11) is 0. The zero-order chi connectivity index (χ0) is 25.9. The summed E-state index contributed by atoms with van der Waals surface area (Å²) >= 11 is 0. The van der Waals surface area contributed by atoms with E-state index in [-0.39, 0.29) is 0 Å². The zero-order valence-corrected chi connectivity index (χ0v) is 22.8. The van der Waals surface area contributed by atoms with Crippen molar-refractivity contribution >= 4 is 23.0 Å². The number of amidine groups is 2. The van der Waals surface area contributed by atoms with Gasteiger partial charge in [0, 0.05) is 61.8 Å². The van der Waals surface area contributed by atoms with E-state index < -0.39 is 0 Å². The molecular formula is C30H46N6. The molecule has 2 aromatic rings. The molecule has 0 aromatic heterocycles. The van der Waals surface area contributed by atoms with Crippen LogP contribution in [0.5, 0.6) is 0 Å². The van der Waals surface area contributed by atoms with Gasteiger partial charge < -0.3 is 21.3 Å². The first-order chi connectivity index (χ1) is 17.3.